The Hall–Kier alpha value is -2.80. The van der Waals surface area contributed by atoms with Gasteiger partial charge >= 0.3 is 0 Å². The van der Waals surface area contributed by atoms with Crippen LogP contribution < -0.4 is 0 Å². The fraction of sp³-hybridized carbons (Fsp3) is 0. The summed E-state index contributed by atoms with van der Waals surface area (Å²) in [7, 11) is 0. The summed E-state index contributed by atoms with van der Waals surface area (Å²) < 4.78 is 2.26. The molecule has 2 aromatic carbocycles. The van der Waals surface area contributed by atoms with Crippen LogP contribution in [0.1, 0.15) is 0 Å². The number of benzene rings is 2. The van der Waals surface area contributed by atoms with Crippen LogP contribution in [0, 0.1) is 0 Å². The molecule has 1 heteroatoms. The van der Waals surface area contributed by atoms with Gasteiger partial charge in [-0.2, -0.15) is 0 Å². The second-order valence-corrected chi connectivity index (χ2v) is 5.17. The molecule has 0 aliphatic rings. The molecule has 2 heterocycles. The lowest BCUT2D eigenvalue weighted by Gasteiger charge is -2.05. The van der Waals surface area contributed by atoms with Crippen LogP contribution in [0.5, 0.6) is 0 Å². The quantitative estimate of drug-likeness (QED) is 0.467. The number of hydrogen-bond donors (Lipinski definition) is 0. The van der Waals surface area contributed by atoms with Crippen molar-refractivity contribution in [2.45, 2.75) is 0 Å². The van der Waals surface area contributed by atoms with Crippen molar-refractivity contribution in [1.29, 1.82) is 0 Å². The number of pyridine rings is 1. The van der Waals surface area contributed by atoms with E-state index >= 15 is 0 Å². The molecule has 0 fully saturated rings. The molecule has 0 atom stereocenters. The van der Waals surface area contributed by atoms with Crippen molar-refractivity contribution in [3.8, 4) is 22.4 Å². The van der Waals surface area contributed by atoms with Crippen LogP contribution in [0.15, 0.2) is 91.1 Å². The van der Waals surface area contributed by atoms with Gasteiger partial charge in [-0.15, -0.1) is 0 Å². The van der Waals surface area contributed by atoms with Gasteiger partial charge < -0.3 is 4.40 Å². The number of fused-ring (bicyclic) bond motifs is 1. The minimum Gasteiger partial charge on any atom is -0.316 e. The summed E-state index contributed by atoms with van der Waals surface area (Å²) >= 11 is 0. The highest BCUT2D eigenvalue weighted by Gasteiger charge is 2.06. The lowest BCUT2D eigenvalue weighted by molar-refractivity contribution is 1.20. The summed E-state index contributed by atoms with van der Waals surface area (Å²) in [6, 6.07) is 29.7. The summed E-state index contributed by atoms with van der Waals surface area (Å²) in [6.07, 6.45) is 2.22. The molecule has 0 saturated carbocycles. The Labute approximate surface area is 124 Å². The molecule has 0 spiro atoms. The average Bonchev–Trinajstić information content (AvgIpc) is 3.00. The third kappa shape index (κ3) is 2.13. The molecule has 0 radical (unpaired) electrons. The Morgan fingerprint density at radius 2 is 1.19 bits per heavy atom. The first-order valence-electron chi connectivity index (χ1n) is 7.14. The van der Waals surface area contributed by atoms with Crippen molar-refractivity contribution < 1.29 is 0 Å². The molecule has 100 valence electrons. The molecule has 0 N–H and O–H groups in total. The second-order valence-electron chi connectivity index (χ2n) is 5.17. The molecule has 0 bridgehead atoms. The van der Waals surface area contributed by atoms with E-state index in [9.17, 15) is 0 Å². The Kier molecular flexibility index (Phi) is 2.82. The van der Waals surface area contributed by atoms with E-state index in [4.69, 9.17) is 0 Å². The minimum atomic E-state index is 1.22. The Morgan fingerprint density at radius 3 is 1.90 bits per heavy atom. The molecular formula is C20H15N. The fourth-order valence-electron chi connectivity index (χ4n) is 2.77. The van der Waals surface area contributed by atoms with Gasteiger partial charge in [0.1, 0.15) is 0 Å². The summed E-state index contributed by atoms with van der Waals surface area (Å²) in [6.45, 7) is 0. The lowest BCUT2D eigenvalue weighted by atomic mass is 10.1. The molecule has 0 aliphatic heterocycles. The first kappa shape index (κ1) is 12.0. The minimum absolute atomic E-state index is 1.22. The predicted molar refractivity (Wildman–Crippen MR) is 88.3 cm³/mol. The van der Waals surface area contributed by atoms with Gasteiger partial charge in [-0.3, -0.25) is 0 Å². The number of rotatable bonds is 2. The van der Waals surface area contributed by atoms with Crippen molar-refractivity contribution in [3.05, 3.63) is 91.1 Å². The summed E-state index contributed by atoms with van der Waals surface area (Å²) in [5, 5.41) is 0. The van der Waals surface area contributed by atoms with Crippen molar-refractivity contribution in [2.75, 3.05) is 0 Å². The van der Waals surface area contributed by atoms with Crippen molar-refractivity contribution >= 4 is 5.52 Å². The van der Waals surface area contributed by atoms with E-state index in [0.717, 1.165) is 0 Å². The predicted octanol–water partition coefficient (Wildman–Crippen LogP) is 5.27. The van der Waals surface area contributed by atoms with Gasteiger partial charge in [0.25, 0.3) is 0 Å². The molecular weight excluding hydrogens is 254 g/mol. The van der Waals surface area contributed by atoms with Gasteiger partial charge in [-0.1, -0.05) is 66.7 Å². The average molecular weight is 269 g/mol. The zero-order valence-electron chi connectivity index (χ0n) is 11.6. The van der Waals surface area contributed by atoms with E-state index in [1.807, 2.05) is 0 Å². The van der Waals surface area contributed by atoms with Crippen LogP contribution in [-0.4, -0.2) is 4.40 Å². The van der Waals surface area contributed by atoms with Gasteiger partial charge in [0.05, 0.1) is 5.69 Å². The standard InChI is InChI=1S/C20H15N/c1-3-8-16(9-4-1)18-14-19-12-7-13-20(21(19)15-18)17-10-5-2-6-11-17/h1-15H. The highest BCUT2D eigenvalue weighted by Crippen LogP contribution is 2.27. The maximum atomic E-state index is 2.26. The zero-order valence-corrected chi connectivity index (χ0v) is 11.6. The molecule has 21 heavy (non-hydrogen) atoms. The Balaban J connectivity index is 1.93. The largest absolute Gasteiger partial charge is 0.316 e. The first-order chi connectivity index (χ1) is 10.4. The first-order valence-corrected chi connectivity index (χ1v) is 7.14. The van der Waals surface area contributed by atoms with Crippen LogP contribution in [0.25, 0.3) is 27.9 Å². The van der Waals surface area contributed by atoms with Crippen LogP contribution in [0.2, 0.25) is 0 Å². The number of nitrogens with zero attached hydrogens (tertiary/aromatic N) is 1. The van der Waals surface area contributed by atoms with Gasteiger partial charge in [-0.25, -0.2) is 0 Å². The van der Waals surface area contributed by atoms with Gasteiger partial charge in [0.15, 0.2) is 0 Å². The van der Waals surface area contributed by atoms with Crippen molar-refractivity contribution in [2.24, 2.45) is 0 Å². The van der Waals surface area contributed by atoms with Crippen molar-refractivity contribution in [1.82, 2.24) is 4.40 Å². The van der Waals surface area contributed by atoms with E-state index in [1.165, 1.54) is 27.9 Å². The fourth-order valence-corrected chi connectivity index (χ4v) is 2.77. The maximum Gasteiger partial charge on any atom is 0.0528 e. The Morgan fingerprint density at radius 1 is 0.524 bits per heavy atom. The zero-order chi connectivity index (χ0) is 14.1. The van der Waals surface area contributed by atoms with Gasteiger partial charge in [-0.05, 0) is 29.3 Å². The number of hydrogen-bond acceptors (Lipinski definition) is 0. The van der Waals surface area contributed by atoms with Crippen LogP contribution >= 0.6 is 0 Å². The normalized spacial score (nSPS) is 10.9. The SMILES string of the molecule is c1ccc(-c2cc3cccc(-c4ccccc4)n3c2)cc1. The van der Waals surface area contributed by atoms with E-state index in [1.54, 1.807) is 0 Å². The third-order valence-electron chi connectivity index (χ3n) is 3.81. The van der Waals surface area contributed by atoms with E-state index < -0.39 is 0 Å². The summed E-state index contributed by atoms with van der Waals surface area (Å²) in [5.41, 5.74) is 6.17. The molecule has 0 unspecified atom stereocenters. The van der Waals surface area contributed by atoms with Crippen LogP contribution in [0.3, 0.4) is 0 Å². The number of aromatic nitrogens is 1. The smallest absolute Gasteiger partial charge is 0.0528 e. The molecule has 1 nitrogen and oxygen atoms in total. The van der Waals surface area contributed by atoms with Crippen molar-refractivity contribution in [3.63, 3.8) is 0 Å². The van der Waals surface area contributed by atoms with Crippen LogP contribution in [-0.2, 0) is 0 Å². The maximum absolute atomic E-state index is 2.26. The van der Waals surface area contributed by atoms with Gasteiger partial charge in [0, 0.05) is 17.3 Å². The van der Waals surface area contributed by atoms with E-state index in [0.29, 0.717) is 0 Å². The third-order valence-corrected chi connectivity index (χ3v) is 3.81. The molecule has 4 rings (SSSR count). The van der Waals surface area contributed by atoms with E-state index in [2.05, 4.69) is 95.5 Å². The lowest BCUT2D eigenvalue weighted by Crippen LogP contribution is -1.88. The van der Waals surface area contributed by atoms with Gasteiger partial charge in [0.2, 0.25) is 0 Å². The highest BCUT2D eigenvalue weighted by atomic mass is 14.9. The Bertz CT molecular complexity index is 874. The topological polar surface area (TPSA) is 4.41 Å². The van der Waals surface area contributed by atoms with Crippen LogP contribution in [0.4, 0.5) is 0 Å². The van der Waals surface area contributed by atoms with E-state index in [-0.39, 0.29) is 0 Å². The second kappa shape index (κ2) is 4.95. The molecule has 0 amide bonds. The monoisotopic (exact) mass is 269 g/mol. The summed E-state index contributed by atoms with van der Waals surface area (Å²) in [4.78, 5) is 0. The highest BCUT2D eigenvalue weighted by molar-refractivity contribution is 5.74. The summed E-state index contributed by atoms with van der Waals surface area (Å²) in [5.74, 6) is 0. The molecule has 0 aliphatic carbocycles. The molecule has 4 aromatic rings. The molecule has 2 aromatic heterocycles. The molecule has 0 saturated heterocycles.